The lowest BCUT2D eigenvalue weighted by molar-refractivity contribution is 0.437. The molecule has 7 nitrogen and oxygen atoms in total. The van der Waals surface area contributed by atoms with Crippen LogP contribution in [0, 0.1) is 24.1 Å². The quantitative estimate of drug-likeness (QED) is 0.394. The number of aryl methyl sites for hydroxylation is 2. The Morgan fingerprint density at radius 1 is 1.19 bits per heavy atom. The number of ether oxygens (including phenoxy) is 1. The molecule has 156 valence electrons. The molecule has 0 atom stereocenters. The van der Waals surface area contributed by atoms with Crippen molar-refractivity contribution in [2.45, 2.75) is 13.3 Å². The first kappa shape index (κ1) is 20.8. The van der Waals surface area contributed by atoms with Gasteiger partial charge in [-0.15, -0.1) is 10.2 Å². The molecule has 0 aliphatic carbocycles. The van der Waals surface area contributed by atoms with E-state index < -0.39 is 5.82 Å². The highest BCUT2D eigenvalue weighted by Crippen LogP contribution is 2.36. The van der Waals surface area contributed by atoms with Gasteiger partial charge >= 0.3 is 0 Å². The number of benzene rings is 2. The average molecular weight is 458 g/mol. The maximum Gasteiger partial charge on any atom is 0.265 e. The predicted octanol–water partition coefficient (Wildman–Crippen LogP) is 5.48. The molecule has 0 aliphatic heterocycles. The molecule has 0 aliphatic rings. The van der Waals surface area contributed by atoms with E-state index in [0.717, 1.165) is 5.69 Å². The number of nitrogens with zero attached hydrogens (tertiary/aromatic N) is 5. The Morgan fingerprint density at radius 3 is 2.71 bits per heavy atom. The van der Waals surface area contributed by atoms with E-state index in [-0.39, 0.29) is 50.9 Å². The van der Waals surface area contributed by atoms with Crippen LogP contribution >= 0.6 is 23.2 Å². The minimum absolute atomic E-state index is 0.0299. The van der Waals surface area contributed by atoms with Crippen molar-refractivity contribution in [2.24, 2.45) is 7.05 Å². The summed E-state index contributed by atoms with van der Waals surface area (Å²) in [4.78, 5) is 0. The van der Waals surface area contributed by atoms with Crippen LogP contribution in [0.2, 0.25) is 10.0 Å². The van der Waals surface area contributed by atoms with Crippen LogP contribution in [0.5, 0.6) is 11.5 Å². The highest BCUT2D eigenvalue weighted by molar-refractivity contribution is 6.32. The number of rotatable bonds is 5. The molecule has 0 saturated carbocycles. The lowest BCUT2D eigenvalue weighted by atomic mass is 10.1. The van der Waals surface area contributed by atoms with Gasteiger partial charge < -0.3 is 9.15 Å². The van der Waals surface area contributed by atoms with Crippen molar-refractivity contribution in [2.75, 3.05) is 0 Å². The van der Waals surface area contributed by atoms with E-state index in [2.05, 4.69) is 15.3 Å². The van der Waals surface area contributed by atoms with Gasteiger partial charge in [0.05, 0.1) is 28.8 Å². The van der Waals surface area contributed by atoms with Gasteiger partial charge in [0, 0.05) is 17.6 Å². The zero-order valence-electron chi connectivity index (χ0n) is 16.4. The van der Waals surface area contributed by atoms with Crippen molar-refractivity contribution >= 4 is 23.2 Å². The van der Waals surface area contributed by atoms with Crippen LogP contribution in [-0.4, -0.2) is 20.0 Å². The fourth-order valence-electron chi connectivity index (χ4n) is 3.01. The van der Waals surface area contributed by atoms with E-state index in [0.29, 0.717) is 5.69 Å². The predicted molar refractivity (Wildman–Crippen MR) is 112 cm³/mol. The minimum Gasteiger partial charge on any atom is -0.453 e. The first-order valence-electron chi connectivity index (χ1n) is 9.03. The third-order valence-corrected chi connectivity index (χ3v) is 4.89. The molecule has 10 heteroatoms. The van der Waals surface area contributed by atoms with Crippen LogP contribution in [0.1, 0.15) is 22.7 Å². The lowest BCUT2D eigenvalue weighted by Crippen LogP contribution is -1.98. The fraction of sp³-hybridized carbons (Fsp3) is 0.143. The number of hydrogen-bond donors (Lipinski definition) is 0. The highest BCUT2D eigenvalue weighted by Gasteiger charge is 2.19. The van der Waals surface area contributed by atoms with Crippen molar-refractivity contribution in [3.63, 3.8) is 0 Å². The number of nitriles is 1. The molecule has 0 saturated heterocycles. The monoisotopic (exact) mass is 457 g/mol. The highest BCUT2D eigenvalue weighted by atomic mass is 35.5. The van der Waals surface area contributed by atoms with Crippen LogP contribution in [0.25, 0.3) is 11.6 Å². The summed E-state index contributed by atoms with van der Waals surface area (Å²) in [6.45, 7) is 1.85. The molecule has 2 aromatic heterocycles. The normalized spacial score (nSPS) is 10.8. The third kappa shape index (κ3) is 4.38. The Labute approximate surface area is 186 Å². The van der Waals surface area contributed by atoms with Crippen LogP contribution < -0.4 is 4.74 Å². The van der Waals surface area contributed by atoms with E-state index in [4.69, 9.17) is 37.6 Å². The van der Waals surface area contributed by atoms with Gasteiger partial charge in [0.1, 0.15) is 11.4 Å². The molecule has 2 aromatic carbocycles. The first-order valence-corrected chi connectivity index (χ1v) is 9.78. The second-order valence-electron chi connectivity index (χ2n) is 6.71. The summed E-state index contributed by atoms with van der Waals surface area (Å²) < 4.78 is 28.1. The van der Waals surface area contributed by atoms with Gasteiger partial charge in [0.15, 0.2) is 11.6 Å². The summed E-state index contributed by atoms with van der Waals surface area (Å²) in [7, 11) is 1.77. The van der Waals surface area contributed by atoms with Gasteiger partial charge in [-0.3, -0.25) is 4.68 Å². The van der Waals surface area contributed by atoms with E-state index >= 15 is 4.39 Å². The molecular weight excluding hydrogens is 444 g/mol. The zero-order valence-corrected chi connectivity index (χ0v) is 17.9. The average Bonchev–Trinajstić information content (AvgIpc) is 3.32. The lowest BCUT2D eigenvalue weighted by Gasteiger charge is -2.11. The molecule has 4 aromatic rings. The molecule has 0 unspecified atom stereocenters. The first-order chi connectivity index (χ1) is 14.8. The van der Waals surface area contributed by atoms with Crippen molar-refractivity contribution in [1.29, 1.82) is 5.26 Å². The van der Waals surface area contributed by atoms with Gasteiger partial charge in [-0.1, -0.05) is 29.3 Å². The molecule has 0 radical (unpaired) electrons. The Kier molecular flexibility index (Phi) is 5.63. The zero-order chi connectivity index (χ0) is 22.1. The van der Waals surface area contributed by atoms with Crippen molar-refractivity contribution in [3.8, 4) is 29.2 Å². The summed E-state index contributed by atoms with van der Waals surface area (Å²) in [6, 6.07) is 11.2. The molecule has 2 heterocycles. The van der Waals surface area contributed by atoms with Gasteiger partial charge in [0.25, 0.3) is 5.89 Å². The van der Waals surface area contributed by atoms with E-state index in [9.17, 15) is 0 Å². The summed E-state index contributed by atoms with van der Waals surface area (Å²) in [6.07, 6.45) is 0.0299. The Bertz CT molecular complexity index is 1330. The number of hydrogen-bond acceptors (Lipinski definition) is 6. The van der Waals surface area contributed by atoms with Crippen LogP contribution in [0.15, 0.2) is 40.8 Å². The van der Waals surface area contributed by atoms with Crippen molar-refractivity contribution in [1.82, 2.24) is 20.0 Å². The third-order valence-electron chi connectivity index (χ3n) is 4.38. The van der Waals surface area contributed by atoms with E-state index in [1.807, 2.05) is 19.1 Å². The largest absolute Gasteiger partial charge is 0.453 e. The summed E-state index contributed by atoms with van der Waals surface area (Å²) in [5, 5.41) is 21.7. The summed E-state index contributed by atoms with van der Waals surface area (Å²) in [5.41, 5.74) is 1.99. The Hall–Kier alpha value is -3.41. The molecule has 0 bridgehead atoms. The Balaban J connectivity index is 1.62. The van der Waals surface area contributed by atoms with Gasteiger partial charge in [-0.05, 0) is 37.3 Å². The topological polar surface area (TPSA) is 89.8 Å². The summed E-state index contributed by atoms with van der Waals surface area (Å²) in [5.74, 6) is -0.175. The molecule has 0 N–H and O–H groups in total. The molecule has 0 fully saturated rings. The van der Waals surface area contributed by atoms with Gasteiger partial charge in [0.2, 0.25) is 5.89 Å². The SMILES string of the molecule is Cc1cc(-c2nnc(Cc3ccc(Cl)c(Oc4cc(Cl)cc(C#N)c4)c3F)o2)n(C)n1. The fourth-order valence-corrected chi connectivity index (χ4v) is 3.42. The standard InChI is InChI=1S/C21H14Cl2FN5O2/c1-11-5-17(29(2)28-11)21-27-26-18(31-21)8-13-3-4-16(23)20(19(13)24)30-15-7-12(10-25)6-14(22)9-15/h3-7,9H,8H2,1-2H3. The number of aromatic nitrogens is 4. The Morgan fingerprint density at radius 2 is 2.00 bits per heavy atom. The van der Waals surface area contributed by atoms with Gasteiger partial charge in [-0.25, -0.2) is 4.39 Å². The number of halogens is 3. The van der Waals surface area contributed by atoms with E-state index in [1.165, 1.54) is 30.3 Å². The maximum atomic E-state index is 15.2. The van der Waals surface area contributed by atoms with Crippen LogP contribution in [0.4, 0.5) is 4.39 Å². The van der Waals surface area contributed by atoms with Crippen molar-refractivity contribution < 1.29 is 13.5 Å². The van der Waals surface area contributed by atoms with E-state index in [1.54, 1.807) is 11.7 Å². The van der Waals surface area contributed by atoms with Crippen LogP contribution in [-0.2, 0) is 13.5 Å². The molecular formula is C21H14Cl2FN5O2. The molecule has 0 amide bonds. The smallest absolute Gasteiger partial charge is 0.265 e. The molecule has 4 rings (SSSR count). The molecule has 0 spiro atoms. The second-order valence-corrected chi connectivity index (χ2v) is 7.56. The van der Waals surface area contributed by atoms with Gasteiger partial charge in [-0.2, -0.15) is 10.4 Å². The maximum absolute atomic E-state index is 15.2. The molecule has 31 heavy (non-hydrogen) atoms. The second kappa shape index (κ2) is 8.38. The minimum atomic E-state index is -0.679. The van der Waals surface area contributed by atoms with Crippen LogP contribution in [0.3, 0.4) is 0 Å². The summed E-state index contributed by atoms with van der Waals surface area (Å²) >= 11 is 12.1. The van der Waals surface area contributed by atoms with Crippen molar-refractivity contribution in [3.05, 3.63) is 75.0 Å².